The molecule has 3 nitrogen and oxygen atoms in total. The monoisotopic (exact) mass is 262 g/mol. The topological polar surface area (TPSA) is 35.5 Å². The summed E-state index contributed by atoms with van der Waals surface area (Å²) in [7, 11) is 0. The molecule has 1 aromatic carbocycles. The van der Waals surface area contributed by atoms with Gasteiger partial charge < -0.3 is 15.3 Å². The zero-order chi connectivity index (χ0) is 13.5. The SMILES string of the molecule is CC1CCCN(c2ccc(NCCCCO)cc2)C1. The fourth-order valence-corrected chi connectivity index (χ4v) is 2.68. The third-order valence-corrected chi connectivity index (χ3v) is 3.80. The van der Waals surface area contributed by atoms with E-state index in [-0.39, 0.29) is 6.61 Å². The summed E-state index contributed by atoms with van der Waals surface area (Å²) in [6.07, 6.45) is 4.56. The summed E-state index contributed by atoms with van der Waals surface area (Å²) in [5.74, 6) is 0.810. The van der Waals surface area contributed by atoms with Crippen LogP contribution < -0.4 is 10.2 Å². The molecule has 2 rings (SSSR count). The summed E-state index contributed by atoms with van der Waals surface area (Å²) in [5, 5.41) is 12.1. The van der Waals surface area contributed by atoms with E-state index in [1.807, 2.05) is 0 Å². The largest absolute Gasteiger partial charge is 0.396 e. The molecule has 1 fully saturated rings. The molecule has 2 N–H and O–H groups in total. The van der Waals surface area contributed by atoms with Gasteiger partial charge in [-0.05, 0) is 55.9 Å². The van der Waals surface area contributed by atoms with Gasteiger partial charge in [-0.25, -0.2) is 0 Å². The Kier molecular flexibility index (Phi) is 5.52. The van der Waals surface area contributed by atoms with Crippen LogP contribution in [0.2, 0.25) is 0 Å². The van der Waals surface area contributed by atoms with Crippen LogP contribution in [0.25, 0.3) is 0 Å². The number of rotatable bonds is 6. The highest BCUT2D eigenvalue weighted by Gasteiger charge is 2.16. The molecule has 0 bridgehead atoms. The average Bonchev–Trinajstić information content (AvgIpc) is 2.44. The molecule has 1 saturated heterocycles. The second-order valence-electron chi connectivity index (χ2n) is 5.60. The van der Waals surface area contributed by atoms with Crippen molar-refractivity contribution in [2.45, 2.75) is 32.6 Å². The van der Waals surface area contributed by atoms with Crippen LogP contribution in [0.3, 0.4) is 0 Å². The van der Waals surface area contributed by atoms with Crippen LogP contribution >= 0.6 is 0 Å². The number of nitrogens with zero attached hydrogens (tertiary/aromatic N) is 1. The van der Waals surface area contributed by atoms with Gasteiger partial charge in [0.1, 0.15) is 0 Å². The molecule has 1 atom stereocenters. The van der Waals surface area contributed by atoms with Gasteiger partial charge in [-0.2, -0.15) is 0 Å². The van der Waals surface area contributed by atoms with E-state index >= 15 is 0 Å². The van der Waals surface area contributed by atoms with Crippen LogP contribution in [-0.4, -0.2) is 31.3 Å². The van der Waals surface area contributed by atoms with Crippen molar-refractivity contribution in [3.05, 3.63) is 24.3 Å². The molecule has 0 radical (unpaired) electrons. The van der Waals surface area contributed by atoms with Crippen molar-refractivity contribution in [3.63, 3.8) is 0 Å². The fraction of sp³-hybridized carbons (Fsp3) is 0.625. The van der Waals surface area contributed by atoms with E-state index in [0.717, 1.165) is 25.3 Å². The van der Waals surface area contributed by atoms with Gasteiger partial charge in [-0.3, -0.25) is 0 Å². The molecule has 0 amide bonds. The number of aliphatic hydroxyl groups is 1. The van der Waals surface area contributed by atoms with Crippen LogP contribution in [0.1, 0.15) is 32.6 Å². The van der Waals surface area contributed by atoms with Crippen molar-refractivity contribution in [2.75, 3.05) is 36.5 Å². The van der Waals surface area contributed by atoms with Crippen LogP contribution in [0, 0.1) is 5.92 Å². The number of hydrogen-bond acceptors (Lipinski definition) is 3. The zero-order valence-electron chi connectivity index (χ0n) is 11.9. The van der Waals surface area contributed by atoms with Gasteiger partial charge in [0, 0.05) is 37.6 Å². The molecular weight excluding hydrogens is 236 g/mol. The summed E-state index contributed by atoms with van der Waals surface area (Å²) < 4.78 is 0. The van der Waals surface area contributed by atoms with Crippen LogP contribution in [-0.2, 0) is 0 Å². The quantitative estimate of drug-likeness (QED) is 0.773. The predicted molar refractivity (Wildman–Crippen MR) is 81.9 cm³/mol. The Hall–Kier alpha value is -1.22. The molecule has 0 spiro atoms. The Morgan fingerprint density at radius 3 is 2.74 bits per heavy atom. The molecule has 1 heterocycles. The molecular formula is C16H26N2O. The summed E-state index contributed by atoms with van der Waals surface area (Å²) >= 11 is 0. The van der Waals surface area contributed by atoms with Gasteiger partial charge in [-0.1, -0.05) is 6.92 Å². The first-order valence-electron chi connectivity index (χ1n) is 7.49. The second kappa shape index (κ2) is 7.39. The van der Waals surface area contributed by atoms with Crippen LogP contribution in [0.5, 0.6) is 0 Å². The minimum atomic E-state index is 0.285. The number of hydrogen-bond donors (Lipinski definition) is 2. The number of piperidine rings is 1. The van der Waals surface area contributed by atoms with E-state index in [1.165, 1.54) is 37.3 Å². The lowest BCUT2D eigenvalue weighted by molar-refractivity contribution is 0.286. The van der Waals surface area contributed by atoms with E-state index < -0.39 is 0 Å². The Labute approximate surface area is 116 Å². The molecule has 0 saturated carbocycles. The van der Waals surface area contributed by atoms with E-state index in [4.69, 9.17) is 5.11 Å². The Bertz CT molecular complexity index is 364. The van der Waals surface area contributed by atoms with Gasteiger partial charge in [0.25, 0.3) is 0 Å². The first-order valence-corrected chi connectivity index (χ1v) is 7.49. The maximum absolute atomic E-state index is 8.73. The van der Waals surface area contributed by atoms with E-state index in [1.54, 1.807) is 0 Å². The van der Waals surface area contributed by atoms with E-state index in [2.05, 4.69) is 41.4 Å². The Morgan fingerprint density at radius 2 is 2.05 bits per heavy atom. The standard InChI is InChI=1S/C16H26N2O/c1-14-5-4-11-18(13-14)16-8-6-15(7-9-16)17-10-2-3-12-19/h6-9,14,17,19H,2-5,10-13H2,1H3. The number of unbranched alkanes of at least 4 members (excludes halogenated alkanes) is 1. The Balaban J connectivity index is 1.83. The highest BCUT2D eigenvalue weighted by Crippen LogP contribution is 2.24. The van der Waals surface area contributed by atoms with Gasteiger partial charge in [0.15, 0.2) is 0 Å². The summed E-state index contributed by atoms with van der Waals surface area (Å²) in [6.45, 7) is 5.93. The number of aliphatic hydroxyl groups excluding tert-OH is 1. The van der Waals surface area contributed by atoms with Gasteiger partial charge in [0.2, 0.25) is 0 Å². The lowest BCUT2D eigenvalue weighted by Crippen LogP contribution is -2.34. The molecule has 0 aliphatic carbocycles. The van der Waals surface area contributed by atoms with E-state index in [9.17, 15) is 0 Å². The highest BCUT2D eigenvalue weighted by atomic mass is 16.2. The molecule has 1 aliphatic rings. The van der Waals surface area contributed by atoms with Crippen molar-refractivity contribution in [1.82, 2.24) is 0 Å². The van der Waals surface area contributed by atoms with Crippen molar-refractivity contribution in [2.24, 2.45) is 5.92 Å². The molecule has 19 heavy (non-hydrogen) atoms. The average molecular weight is 262 g/mol. The zero-order valence-corrected chi connectivity index (χ0v) is 11.9. The van der Waals surface area contributed by atoms with Crippen LogP contribution in [0.15, 0.2) is 24.3 Å². The smallest absolute Gasteiger partial charge is 0.0431 e. The lowest BCUT2D eigenvalue weighted by atomic mass is 10.00. The highest BCUT2D eigenvalue weighted by molar-refractivity contribution is 5.55. The Morgan fingerprint density at radius 1 is 1.26 bits per heavy atom. The first kappa shape index (κ1) is 14.2. The molecule has 0 aromatic heterocycles. The number of nitrogens with one attached hydrogen (secondary N) is 1. The second-order valence-corrected chi connectivity index (χ2v) is 5.60. The predicted octanol–water partition coefficient (Wildman–Crippen LogP) is 3.11. The van der Waals surface area contributed by atoms with Crippen molar-refractivity contribution >= 4 is 11.4 Å². The minimum absolute atomic E-state index is 0.285. The molecule has 3 heteroatoms. The lowest BCUT2D eigenvalue weighted by Gasteiger charge is -2.32. The van der Waals surface area contributed by atoms with Gasteiger partial charge in [0.05, 0.1) is 0 Å². The molecule has 1 aliphatic heterocycles. The number of benzene rings is 1. The summed E-state index contributed by atoms with van der Waals surface area (Å²) in [4.78, 5) is 2.49. The first-order chi connectivity index (χ1) is 9.29. The molecule has 106 valence electrons. The van der Waals surface area contributed by atoms with Gasteiger partial charge >= 0.3 is 0 Å². The maximum atomic E-state index is 8.73. The van der Waals surface area contributed by atoms with Crippen molar-refractivity contribution < 1.29 is 5.11 Å². The fourth-order valence-electron chi connectivity index (χ4n) is 2.68. The summed E-state index contributed by atoms with van der Waals surface area (Å²) in [5.41, 5.74) is 2.51. The molecule has 1 aromatic rings. The van der Waals surface area contributed by atoms with E-state index in [0.29, 0.717) is 0 Å². The minimum Gasteiger partial charge on any atom is -0.396 e. The third kappa shape index (κ3) is 4.43. The summed E-state index contributed by atoms with van der Waals surface area (Å²) in [6, 6.07) is 8.75. The number of anilines is 2. The molecule has 1 unspecified atom stereocenters. The third-order valence-electron chi connectivity index (χ3n) is 3.80. The van der Waals surface area contributed by atoms with Crippen molar-refractivity contribution in [1.29, 1.82) is 0 Å². The van der Waals surface area contributed by atoms with Crippen LogP contribution in [0.4, 0.5) is 11.4 Å². The normalized spacial score (nSPS) is 19.5. The van der Waals surface area contributed by atoms with Gasteiger partial charge in [-0.15, -0.1) is 0 Å². The maximum Gasteiger partial charge on any atom is 0.0431 e. The van der Waals surface area contributed by atoms with Crippen molar-refractivity contribution in [3.8, 4) is 0 Å².